The Labute approximate surface area is 113 Å². The van der Waals surface area contributed by atoms with Crippen molar-refractivity contribution >= 4 is 0 Å². The summed E-state index contributed by atoms with van der Waals surface area (Å²) in [6, 6.07) is 16.0. The minimum absolute atomic E-state index is 0.0948. The van der Waals surface area contributed by atoms with E-state index in [0.29, 0.717) is 0 Å². The van der Waals surface area contributed by atoms with E-state index >= 15 is 0 Å². The fourth-order valence-electron chi connectivity index (χ4n) is 1.90. The van der Waals surface area contributed by atoms with Crippen molar-refractivity contribution < 1.29 is 9.84 Å². The summed E-state index contributed by atoms with van der Waals surface area (Å²) >= 11 is 0. The van der Waals surface area contributed by atoms with Gasteiger partial charge in [0.25, 0.3) is 0 Å². The molecular formula is C16H19NO2. The van der Waals surface area contributed by atoms with E-state index in [4.69, 9.17) is 9.84 Å². The van der Waals surface area contributed by atoms with Crippen LogP contribution < -0.4 is 10.1 Å². The van der Waals surface area contributed by atoms with Gasteiger partial charge in [-0.05, 0) is 28.8 Å². The van der Waals surface area contributed by atoms with E-state index < -0.39 is 0 Å². The van der Waals surface area contributed by atoms with E-state index in [9.17, 15) is 0 Å². The highest BCUT2D eigenvalue weighted by Gasteiger charge is 1.97. The van der Waals surface area contributed by atoms with Gasteiger partial charge < -0.3 is 15.2 Å². The highest BCUT2D eigenvalue weighted by Crippen LogP contribution is 2.12. The Morgan fingerprint density at radius 1 is 0.947 bits per heavy atom. The average molecular weight is 257 g/mol. The van der Waals surface area contributed by atoms with Gasteiger partial charge in [0.2, 0.25) is 0 Å². The summed E-state index contributed by atoms with van der Waals surface area (Å²) in [6.07, 6.45) is 0. The van der Waals surface area contributed by atoms with E-state index in [2.05, 4.69) is 11.4 Å². The van der Waals surface area contributed by atoms with Crippen molar-refractivity contribution in [2.24, 2.45) is 0 Å². The average Bonchev–Trinajstić information content (AvgIpc) is 2.48. The topological polar surface area (TPSA) is 41.5 Å². The van der Waals surface area contributed by atoms with Crippen molar-refractivity contribution in [3.05, 3.63) is 65.2 Å². The zero-order valence-corrected chi connectivity index (χ0v) is 11.1. The lowest BCUT2D eigenvalue weighted by Gasteiger charge is -2.07. The van der Waals surface area contributed by atoms with E-state index in [-0.39, 0.29) is 6.61 Å². The smallest absolute Gasteiger partial charge is 0.119 e. The van der Waals surface area contributed by atoms with Crippen LogP contribution in [-0.2, 0) is 19.7 Å². The number of ether oxygens (including phenoxy) is 1. The third kappa shape index (κ3) is 4.09. The Balaban J connectivity index is 1.85. The van der Waals surface area contributed by atoms with Gasteiger partial charge in [-0.1, -0.05) is 36.4 Å². The first-order valence-corrected chi connectivity index (χ1v) is 6.34. The fourth-order valence-corrected chi connectivity index (χ4v) is 1.90. The van der Waals surface area contributed by atoms with Crippen molar-refractivity contribution in [2.45, 2.75) is 19.7 Å². The molecule has 2 N–H and O–H groups in total. The largest absolute Gasteiger partial charge is 0.497 e. The molecule has 3 nitrogen and oxygen atoms in total. The summed E-state index contributed by atoms with van der Waals surface area (Å²) in [7, 11) is 1.68. The maximum atomic E-state index is 8.98. The van der Waals surface area contributed by atoms with Crippen molar-refractivity contribution in [1.82, 2.24) is 5.32 Å². The lowest BCUT2D eigenvalue weighted by atomic mass is 10.1. The number of hydrogen-bond donors (Lipinski definition) is 2. The molecule has 0 saturated heterocycles. The van der Waals surface area contributed by atoms with Gasteiger partial charge in [-0.15, -0.1) is 0 Å². The molecule has 100 valence electrons. The second-order valence-corrected chi connectivity index (χ2v) is 4.43. The van der Waals surface area contributed by atoms with Crippen molar-refractivity contribution in [3.8, 4) is 5.75 Å². The summed E-state index contributed by atoms with van der Waals surface area (Å²) in [5, 5.41) is 12.4. The van der Waals surface area contributed by atoms with Crippen molar-refractivity contribution in [3.63, 3.8) is 0 Å². The van der Waals surface area contributed by atoms with Crippen LogP contribution in [0.5, 0.6) is 5.75 Å². The molecule has 0 heterocycles. The molecule has 0 fully saturated rings. The highest BCUT2D eigenvalue weighted by molar-refractivity contribution is 5.28. The Morgan fingerprint density at radius 2 is 1.63 bits per heavy atom. The second-order valence-electron chi connectivity index (χ2n) is 4.43. The third-order valence-corrected chi connectivity index (χ3v) is 3.00. The quantitative estimate of drug-likeness (QED) is 0.835. The summed E-state index contributed by atoms with van der Waals surface area (Å²) < 4.78 is 5.19. The lowest BCUT2D eigenvalue weighted by molar-refractivity contribution is 0.282. The van der Waals surface area contributed by atoms with E-state index in [0.717, 1.165) is 24.4 Å². The van der Waals surface area contributed by atoms with Gasteiger partial charge in [-0.2, -0.15) is 0 Å². The van der Waals surface area contributed by atoms with Gasteiger partial charge >= 0.3 is 0 Å². The molecule has 2 aromatic rings. The molecule has 0 aliphatic carbocycles. The van der Waals surface area contributed by atoms with Crippen LogP contribution >= 0.6 is 0 Å². The SMILES string of the molecule is COc1cccc(CNCc2ccc(CO)cc2)c1. The zero-order valence-electron chi connectivity index (χ0n) is 11.1. The van der Waals surface area contributed by atoms with Gasteiger partial charge in [-0.25, -0.2) is 0 Å². The molecule has 0 bridgehead atoms. The van der Waals surface area contributed by atoms with Gasteiger partial charge in [0.05, 0.1) is 13.7 Å². The lowest BCUT2D eigenvalue weighted by Crippen LogP contribution is -2.12. The van der Waals surface area contributed by atoms with Crippen LogP contribution in [0, 0.1) is 0 Å². The summed E-state index contributed by atoms with van der Waals surface area (Å²) in [5.74, 6) is 0.881. The molecule has 0 spiro atoms. The van der Waals surface area contributed by atoms with Gasteiger partial charge in [-0.3, -0.25) is 0 Å². The predicted molar refractivity (Wildman–Crippen MR) is 75.9 cm³/mol. The fraction of sp³-hybridized carbons (Fsp3) is 0.250. The Hall–Kier alpha value is -1.84. The molecule has 0 aliphatic heterocycles. The van der Waals surface area contributed by atoms with Crippen LogP contribution in [0.15, 0.2) is 48.5 Å². The van der Waals surface area contributed by atoms with E-state index in [1.165, 1.54) is 11.1 Å². The van der Waals surface area contributed by atoms with E-state index in [1.54, 1.807) is 7.11 Å². The monoisotopic (exact) mass is 257 g/mol. The van der Waals surface area contributed by atoms with Crippen LogP contribution in [0.2, 0.25) is 0 Å². The number of rotatable bonds is 6. The molecule has 0 unspecified atom stereocenters. The maximum absolute atomic E-state index is 8.98. The van der Waals surface area contributed by atoms with Crippen molar-refractivity contribution in [1.29, 1.82) is 0 Å². The summed E-state index contributed by atoms with van der Waals surface area (Å²) in [5.41, 5.74) is 3.35. The molecule has 0 atom stereocenters. The molecule has 0 aromatic heterocycles. The second kappa shape index (κ2) is 6.92. The molecule has 19 heavy (non-hydrogen) atoms. The first kappa shape index (κ1) is 13.6. The minimum atomic E-state index is 0.0948. The minimum Gasteiger partial charge on any atom is -0.497 e. The summed E-state index contributed by atoms with van der Waals surface area (Å²) in [4.78, 5) is 0. The third-order valence-electron chi connectivity index (χ3n) is 3.00. The van der Waals surface area contributed by atoms with Crippen LogP contribution in [0.4, 0.5) is 0 Å². The van der Waals surface area contributed by atoms with Crippen LogP contribution in [0.25, 0.3) is 0 Å². The normalized spacial score (nSPS) is 10.4. The molecule has 0 saturated carbocycles. The Bertz CT molecular complexity index is 508. The molecule has 0 radical (unpaired) electrons. The first-order valence-electron chi connectivity index (χ1n) is 6.34. The maximum Gasteiger partial charge on any atom is 0.119 e. The van der Waals surface area contributed by atoms with Crippen molar-refractivity contribution in [2.75, 3.05) is 7.11 Å². The predicted octanol–water partition coefficient (Wildman–Crippen LogP) is 2.48. The number of hydrogen-bond acceptors (Lipinski definition) is 3. The number of nitrogens with one attached hydrogen (secondary N) is 1. The molecule has 0 aliphatic rings. The molecule has 2 rings (SSSR count). The number of benzene rings is 2. The number of aliphatic hydroxyl groups is 1. The van der Waals surface area contributed by atoms with Crippen LogP contribution in [0.1, 0.15) is 16.7 Å². The van der Waals surface area contributed by atoms with Gasteiger partial charge in [0, 0.05) is 13.1 Å². The first-order chi connectivity index (χ1) is 9.31. The highest BCUT2D eigenvalue weighted by atomic mass is 16.5. The van der Waals surface area contributed by atoms with Crippen LogP contribution in [0.3, 0.4) is 0 Å². The van der Waals surface area contributed by atoms with Gasteiger partial charge in [0.1, 0.15) is 5.75 Å². The molecule has 0 amide bonds. The number of methoxy groups -OCH3 is 1. The Kier molecular flexibility index (Phi) is 4.95. The number of aliphatic hydroxyl groups excluding tert-OH is 1. The van der Waals surface area contributed by atoms with Crippen LogP contribution in [-0.4, -0.2) is 12.2 Å². The molecular weight excluding hydrogens is 238 g/mol. The summed E-state index contributed by atoms with van der Waals surface area (Å²) in [6.45, 7) is 1.71. The van der Waals surface area contributed by atoms with E-state index in [1.807, 2.05) is 42.5 Å². The Morgan fingerprint density at radius 3 is 2.32 bits per heavy atom. The molecule has 3 heteroatoms. The zero-order chi connectivity index (χ0) is 13.5. The van der Waals surface area contributed by atoms with Gasteiger partial charge in [0.15, 0.2) is 0 Å². The standard InChI is InChI=1S/C16H19NO2/c1-19-16-4-2-3-15(9-16)11-17-10-13-5-7-14(12-18)8-6-13/h2-9,17-18H,10-12H2,1H3. The molecule has 2 aromatic carbocycles.